The summed E-state index contributed by atoms with van der Waals surface area (Å²) in [5.41, 5.74) is 1.13. The molecule has 18 heavy (non-hydrogen) atoms. The van der Waals surface area contributed by atoms with Crippen LogP contribution in [0.25, 0.3) is 0 Å². The molecule has 0 aromatic heterocycles. The fraction of sp³-hybridized carbons (Fsp3) is 0.500. The minimum Gasteiger partial charge on any atom is -0.478 e. The van der Waals surface area contributed by atoms with Gasteiger partial charge in [-0.05, 0) is 42.9 Å². The highest BCUT2D eigenvalue weighted by atomic mass is 16.4. The lowest BCUT2D eigenvalue weighted by atomic mass is 9.97. The van der Waals surface area contributed by atoms with E-state index in [0.29, 0.717) is 17.4 Å². The smallest absolute Gasteiger partial charge is 0.335 e. The standard InChI is InChI=1S/C14H19NO3/c16-9-12-5-1-4-11(12)8-15-13-6-2-3-10(7-13)14(17)18/h2-3,6-7,11-12,15-16H,1,4-5,8-9H2,(H,17,18). The summed E-state index contributed by atoms with van der Waals surface area (Å²) in [6.07, 6.45) is 3.40. The number of carbonyl (C=O) groups is 1. The number of carboxylic acid groups (broad SMARTS) is 1. The van der Waals surface area contributed by atoms with Crippen LogP contribution in [0, 0.1) is 11.8 Å². The second-order valence-corrected chi connectivity index (χ2v) is 4.90. The minimum absolute atomic E-state index is 0.252. The number of hydrogen-bond acceptors (Lipinski definition) is 3. The summed E-state index contributed by atoms with van der Waals surface area (Å²) in [4.78, 5) is 10.9. The number of anilines is 1. The van der Waals surface area contributed by atoms with Crippen molar-refractivity contribution in [3.05, 3.63) is 29.8 Å². The van der Waals surface area contributed by atoms with Crippen molar-refractivity contribution in [3.8, 4) is 0 Å². The molecule has 2 rings (SSSR count). The number of nitrogens with one attached hydrogen (secondary N) is 1. The van der Waals surface area contributed by atoms with E-state index in [0.717, 1.165) is 25.1 Å². The first-order chi connectivity index (χ1) is 8.70. The fourth-order valence-corrected chi connectivity index (χ4v) is 2.63. The van der Waals surface area contributed by atoms with Crippen LogP contribution in [0.3, 0.4) is 0 Å². The van der Waals surface area contributed by atoms with Crippen LogP contribution in [0.1, 0.15) is 29.6 Å². The third-order valence-corrected chi connectivity index (χ3v) is 3.73. The third kappa shape index (κ3) is 3.01. The first-order valence-electron chi connectivity index (χ1n) is 6.39. The van der Waals surface area contributed by atoms with Crippen LogP contribution >= 0.6 is 0 Å². The second kappa shape index (κ2) is 5.87. The van der Waals surface area contributed by atoms with E-state index in [4.69, 9.17) is 5.11 Å². The zero-order valence-corrected chi connectivity index (χ0v) is 10.3. The van der Waals surface area contributed by atoms with E-state index < -0.39 is 5.97 Å². The molecular weight excluding hydrogens is 230 g/mol. The molecule has 0 heterocycles. The van der Waals surface area contributed by atoms with Crippen LogP contribution in [0.4, 0.5) is 5.69 Å². The molecular formula is C14H19NO3. The molecule has 2 atom stereocenters. The molecule has 0 saturated heterocycles. The second-order valence-electron chi connectivity index (χ2n) is 4.90. The SMILES string of the molecule is O=C(O)c1cccc(NCC2CCCC2CO)c1. The molecule has 4 nitrogen and oxygen atoms in total. The van der Waals surface area contributed by atoms with E-state index in [9.17, 15) is 9.90 Å². The highest BCUT2D eigenvalue weighted by Crippen LogP contribution is 2.31. The van der Waals surface area contributed by atoms with E-state index in [1.54, 1.807) is 18.2 Å². The Kier molecular flexibility index (Phi) is 4.20. The van der Waals surface area contributed by atoms with Gasteiger partial charge in [0.05, 0.1) is 5.56 Å². The summed E-state index contributed by atoms with van der Waals surface area (Å²) >= 11 is 0. The summed E-state index contributed by atoms with van der Waals surface area (Å²) in [7, 11) is 0. The summed E-state index contributed by atoms with van der Waals surface area (Å²) in [6, 6.07) is 6.84. The Labute approximate surface area is 107 Å². The maximum Gasteiger partial charge on any atom is 0.335 e. The molecule has 2 unspecified atom stereocenters. The van der Waals surface area contributed by atoms with Crippen LogP contribution < -0.4 is 5.32 Å². The number of hydrogen-bond donors (Lipinski definition) is 3. The van der Waals surface area contributed by atoms with Crippen LogP contribution in [-0.4, -0.2) is 29.3 Å². The topological polar surface area (TPSA) is 69.6 Å². The van der Waals surface area contributed by atoms with Crippen molar-refractivity contribution in [2.45, 2.75) is 19.3 Å². The Morgan fingerprint density at radius 2 is 2.11 bits per heavy atom. The highest BCUT2D eigenvalue weighted by molar-refractivity contribution is 5.88. The van der Waals surface area contributed by atoms with Crippen LogP contribution in [-0.2, 0) is 0 Å². The average Bonchev–Trinajstić information content (AvgIpc) is 2.84. The minimum atomic E-state index is -0.909. The van der Waals surface area contributed by atoms with Crippen molar-refractivity contribution in [2.24, 2.45) is 11.8 Å². The van der Waals surface area contributed by atoms with E-state index in [2.05, 4.69) is 5.32 Å². The maximum absolute atomic E-state index is 10.9. The molecule has 98 valence electrons. The highest BCUT2D eigenvalue weighted by Gasteiger charge is 2.26. The van der Waals surface area contributed by atoms with Gasteiger partial charge in [-0.3, -0.25) is 0 Å². The zero-order valence-electron chi connectivity index (χ0n) is 10.3. The van der Waals surface area contributed by atoms with Crippen molar-refractivity contribution < 1.29 is 15.0 Å². The van der Waals surface area contributed by atoms with Crippen molar-refractivity contribution in [1.29, 1.82) is 0 Å². The molecule has 1 aromatic carbocycles. The molecule has 1 aliphatic carbocycles. The molecule has 1 saturated carbocycles. The van der Waals surface area contributed by atoms with E-state index in [-0.39, 0.29) is 6.61 Å². The lowest BCUT2D eigenvalue weighted by Gasteiger charge is -2.18. The Morgan fingerprint density at radius 1 is 1.33 bits per heavy atom. The first kappa shape index (κ1) is 12.9. The summed E-state index contributed by atoms with van der Waals surface area (Å²) in [6.45, 7) is 1.05. The van der Waals surface area contributed by atoms with Gasteiger partial charge in [0.25, 0.3) is 0 Å². The number of rotatable bonds is 5. The molecule has 1 aromatic rings. The molecule has 0 aliphatic heterocycles. The van der Waals surface area contributed by atoms with Gasteiger partial charge in [-0.1, -0.05) is 12.5 Å². The summed E-state index contributed by atoms with van der Waals surface area (Å²) in [5, 5.41) is 21.4. The lowest BCUT2D eigenvalue weighted by molar-refractivity contribution is 0.0697. The molecule has 1 fully saturated rings. The number of aliphatic hydroxyl groups excluding tert-OH is 1. The van der Waals surface area contributed by atoms with E-state index in [1.807, 2.05) is 6.07 Å². The third-order valence-electron chi connectivity index (χ3n) is 3.73. The van der Waals surface area contributed by atoms with Gasteiger partial charge >= 0.3 is 5.97 Å². The summed E-state index contributed by atoms with van der Waals surface area (Å²) in [5.74, 6) is -0.0311. The van der Waals surface area contributed by atoms with Gasteiger partial charge < -0.3 is 15.5 Å². The van der Waals surface area contributed by atoms with E-state index >= 15 is 0 Å². The molecule has 0 amide bonds. The number of aliphatic hydroxyl groups is 1. The number of benzene rings is 1. The van der Waals surface area contributed by atoms with Gasteiger partial charge in [0.2, 0.25) is 0 Å². The first-order valence-corrected chi connectivity index (χ1v) is 6.39. The van der Waals surface area contributed by atoms with Crippen LogP contribution in [0.5, 0.6) is 0 Å². The Balaban J connectivity index is 1.93. The maximum atomic E-state index is 10.9. The van der Waals surface area contributed by atoms with E-state index in [1.165, 1.54) is 6.42 Å². The van der Waals surface area contributed by atoms with Gasteiger partial charge in [0, 0.05) is 18.8 Å². The van der Waals surface area contributed by atoms with Gasteiger partial charge in [-0.2, -0.15) is 0 Å². The zero-order chi connectivity index (χ0) is 13.0. The van der Waals surface area contributed by atoms with Crippen molar-refractivity contribution in [2.75, 3.05) is 18.5 Å². The Hall–Kier alpha value is -1.55. The predicted octanol–water partition coefficient (Wildman–Crippen LogP) is 2.21. The summed E-state index contributed by atoms with van der Waals surface area (Å²) < 4.78 is 0. The monoisotopic (exact) mass is 249 g/mol. The van der Waals surface area contributed by atoms with Crippen LogP contribution in [0.15, 0.2) is 24.3 Å². The average molecular weight is 249 g/mol. The van der Waals surface area contributed by atoms with Gasteiger partial charge in [0.1, 0.15) is 0 Å². The molecule has 0 bridgehead atoms. The molecule has 4 heteroatoms. The Morgan fingerprint density at radius 3 is 2.83 bits per heavy atom. The quantitative estimate of drug-likeness (QED) is 0.748. The van der Waals surface area contributed by atoms with Crippen LogP contribution in [0.2, 0.25) is 0 Å². The van der Waals surface area contributed by atoms with Gasteiger partial charge in [-0.15, -0.1) is 0 Å². The Bertz CT molecular complexity index is 419. The molecule has 1 aliphatic rings. The van der Waals surface area contributed by atoms with Crippen molar-refractivity contribution in [1.82, 2.24) is 0 Å². The number of carboxylic acids is 1. The largest absolute Gasteiger partial charge is 0.478 e. The molecule has 3 N–H and O–H groups in total. The lowest BCUT2D eigenvalue weighted by Crippen LogP contribution is -2.20. The predicted molar refractivity (Wildman–Crippen MR) is 69.8 cm³/mol. The van der Waals surface area contributed by atoms with Crippen molar-refractivity contribution >= 4 is 11.7 Å². The normalized spacial score (nSPS) is 22.9. The molecule has 0 spiro atoms. The van der Waals surface area contributed by atoms with Gasteiger partial charge in [-0.25, -0.2) is 4.79 Å². The van der Waals surface area contributed by atoms with Crippen molar-refractivity contribution in [3.63, 3.8) is 0 Å². The molecule has 0 radical (unpaired) electrons. The van der Waals surface area contributed by atoms with Gasteiger partial charge in [0.15, 0.2) is 0 Å². The number of aromatic carboxylic acids is 1. The fourth-order valence-electron chi connectivity index (χ4n) is 2.63.